The fourth-order valence-electron chi connectivity index (χ4n) is 2.19. The molecule has 1 aromatic carbocycles. The molecule has 0 radical (unpaired) electrons. The average Bonchev–Trinajstić information content (AvgIpc) is 2.38. The zero-order valence-corrected chi connectivity index (χ0v) is 9.95. The van der Waals surface area contributed by atoms with Crippen LogP contribution in [-0.2, 0) is 12.8 Å². The van der Waals surface area contributed by atoms with Crippen molar-refractivity contribution in [3.8, 4) is 0 Å². The average molecular weight is 233 g/mol. The number of amidine groups is 1. The van der Waals surface area contributed by atoms with Crippen LogP contribution in [0.25, 0.3) is 0 Å². The first-order chi connectivity index (χ1) is 8.29. The summed E-state index contributed by atoms with van der Waals surface area (Å²) in [6.45, 7) is 1.07. The zero-order chi connectivity index (χ0) is 12.1. The number of nitrogens with zero attached hydrogens (tertiary/aromatic N) is 1. The second kappa shape index (κ2) is 5.57. The van der Waals surface area contributed by atoms with Gasteiger partial charge in [-0.05, 0) is 42.9 Å². The van der Waals surface area contributed by atoms with Crippen molar-refractivity contribution in [3.05, 3.63) is 29.3 Å². The van der Waals surface area contributed by atoms with Gasteiger partial charge in [-0.2, -0.15) is 0 Å². The Morgan fingerprint density at radius 1 is 1.47 bits per heavy atom. The molecule has 4 N–H and O–H groups in total. The highest BCUT2D eigenvalue weighted by molar-refractivity contribution is 5.79. The second-order valence-electron chi connectivity index (χ2n) is 4.47. The molecule has 0 saturated heterocycles. The maximum Gasteiger partial charge on any atom is 0.139 e. The predicted molar refractivity (Wildman–Crippen MR) is 69.6 cm³/mol. The molecule has 0 aliphatic carbocycles. The highest BCUT2D eigenvalue weighted by atomic mass is 16.4. The van der Waals surface area contributed by atoms with Gasteiger partial charge < -0.3 is 16.3 Å². The van der Waals surface area contributed by atoms with Gasteiger partial charge in [-0.15, -0.1) is 0 Å². The lowest BCUT2D eigenvalue weighted by Crippen LogP contribution is -2.12. The van der Waals surface area contributed by atoms with Crippen LogP contribution >= 0.6 is 0 Å². The summed E-state index contributed by atoms with van der Waals surface area (Å²) < 4.78 is 0. The third-order valence-electron chi connectivity index (χ3n) is 3.14. The normalized spacial score (nSPS) is 15.2. The minimum atomic E-state index is 0.307. The monoisotopic (exact) mass is 233 g/mol. The molecule has 2 rings (SSSR count). The third kappa shape index (κ3) is 3.12. The van der Waals surface area contributed by atoms with Crippen molar-refractivity contribution >= 4 is 11.5 Å². The molecule has 92 valence electrons. The lowest BCUT2D eigenvalue weighted by molar-refractivity contribution is 0.316. The number of nitrogens with two attached hydrogens (primary N) is 1. The van der Waals surface area contributed by atoms with Crippen molar-refractivity contribution < 1.29 is 5.21 Å². The van der Waals surface area contributed by atoms with Gasteiger partial charge in [0.15, 0.2) is 0 Å². The van der Waals surface area contributed by atoms with E-state index in [9.17, 15) is 0 Å². The summed E-state index contributed by atoms with van der Waals surface area (Å²) in [5, 5.41) is 14.8. The van der Waals surface area contributed by atoms with Gasteiger partial charge in [0.1, 0.15) is 5.84 Å². The summed E-state index contributed by atoms with van der Waals surface area (Å²) in [5.74, 6) is 0.307. The highest BCUT2D eigenvalue weighted by Crippen LogP contribution is 2.23. The Labute approximate surface area is 102 Å². The number of aryl methyl sites for hydroxylation is 2. The highest BCUT2D eigenvalue weighted by Gasteiger charge is 2.08. The van der Waals surface area contributed by atoms with Crippen molar-refractivity contribution in [3.63, 3.8) is 0 Å². The molecule has 0 atom stereocenters. The Morgan fingerprint density at radius 3 is 3.18 bits per heavy atom. The Kier molecular flexibility index (Phi) is 3.85. The smallest absolute Gasteiger partial charge is 0.139 e. The number of benzene rings is 1. The summed E-state index contributed by atoms with van der Waals surface area (Å²) in [7, 11) is 0. The van der Waals surface area contributed by atoms with E-state index in [0.717, 1.165) is 19.4 Å². The maximum atomic E-state index is 8.44. The summed E-state index contributed by atoms with van der Waals surface area (Å²) >= 11 is 0. The van der Waals surface area contributed by atoms with Crippen LogP contribution < -0.4 is 11.1 Å². The van der Waals surface area contributed by atoms with Crippen LogP contribution in [0.3, 0.4) is 0 Å². The molecule has 0 fully saturated rings. The number of oxime groups is 1. The minimum absolute atomic E-state index is 0.307. The Bertz CT molecular complexity index is 415. The molecule has 1 aliphatic rings. The molecule has 1 aromatic rings. The first-order valence-corrected chi connectivity index (χ1v) is 6.11. The van der Waals surface area contributed by atoms with Gasteiger partial charge in [-0.1, -0.05) is 17.3 Å². The third-order valence-corrected chi connectivity index (χ3v) is 3.14. The molecule has 0 bridgehead atoms. The minimum Gasteiger partial charge on any atom is -0.409 e. The number of nitrogens with one attached hydrogen (secondary N) is 1. The van der Waals surface area contributed by atoms with E-state index < -0.39 is 0 Å². The second-order valence-corrected chi connectivity index (χ2v) is 4.47. The first-order valence-electron chi connectivity index (χ1n) is 6.11. The SMILES string of the molecule is N/C(CCCc1ccc2c(c1)NCCC2)=N\O. The van der Waals surface area contributed by atoms with Crippen LogP contribution in [0.1, 0.15) is 30.4 Å². The van der Waals surface area contributed by atoms with Crippen LogP contribution in [0.15, 0.2) is 23.4 Å². The largest absolute Gasteiger partial charge is 0.409 e. The standard InChI is InChI=1S/C13H19N3O/c14-13(16-17)5-1-3-10-6-7-11-4-2-8-15-12(11)9-10/h6-7,9,15,17H,1-5,8H2,(H2,14,16). The van der Waals surface area contributed by atoms with E-state index in [1.165, 1.54) is 29.7 Å². The molecule has 1 heterocycles. The van der Waals surface area contributed by atoms with E-state index in [2.05, 4.69) is 28.7 Å². The summed E-state index contributed by atoms with van der Waals surface area (Å²) in [5.41, 5.74) is 9.43. The molecule has 0 aromatic heterocycles. The molecule has 17 heavy (non-hydrogen) atoms. The van der Waals surface area contributed by atoms with Gasteiger partial charge in [0.05, 0.1) is 0 Å². The maximum absolute atomic E-state index is 8.44. The topological polar surface area (TPSA) is 70.6 Å². The molecular formula is C13H19N3O. The van der Waals surface area contributed by atoms with Crippen LogP contribution in [0.2, 0.25) is 0 Å². The molecule has 0 spiro atoms. The zero-order valence-electron chi connectivity index (χ0n) is 9.95. The Balaban J connectivity index is 1.93. The number of rotatable bonds is 4. The lowest BCUT2D eigenvalue weighted by Gasteiger charge is -2.18. The van der Waals surface area contributed by atoms with Crippen molar-refractivity contribution in [1.82, 2.24) is 0 Å². The quantitative estimate of drug-likeness (QED) is 0.323. The lowest BCUT2D eigenvalue weighted by atomic mass is 9.99. The van der Waals surface area contributed by atoms with Crippen LogP contribution in [-0.4, -0.2) is 17.6 Å². The molecule has 0 unspecified atom stereocenters. The number of fused-ring (bicyclic) bond motifs is 1. The van der Waals surface area contributed by atoms with Crippen LogP contribution in [0, 0.1) is 0 Å². The van der Waals surface area contributed by atoms with E-state index >= 15 is 0 Å². The number of hydrogen-bond acceptors (Lipinski definition) is 3. The molecular weight excluding hydrogens is 214 g/mol. The molecule has 4 heteroatoms. The summed E-state index contributed by atoms with van der Waals surface area (Å²) in [6.07, 6.45) is 4.91. The fourth-order valence-corrected chi connectivity index (χ4v) is 2.19. The number of anilines is 1. The molecule has 0 amide bonds. The van der Waals surface area contributed by atoms with Gasteiger partial charge in [0.25, 0.3) is 0 Å². The molecule has 1 aliphatic heterocycles. The van der Waals surface area contributed by atoms with Crippen molar-refractivity contribution in [1.29, 1.82) is 0 Å². The van der Waals surface area contributed by atoms with Gasteiger partial charge in [-0.25, -0.2) is 0 Å². The number of hydrogen-bond donors (Lipinski definition) is 3. The van der Waals surface area contributed by atoms with Crippen molar-refractivity contribution in [2.24, 2.45) is 10.9 Å². The van der Waals surface area contributed by atoms with Gasteiger partial charge in [-0.3, -0.25) is 0 Å². The van der Waals surface area contributed by atoms with Crippen LogP contribution in [0.4, 0.5) is 5.69 Å². The van der Waals surface area contributed by atoms with Gasteiger partial charge in [0, 0.05) is 18.7 Å². The van der Waals surface area contributed by atoms with Gasteiger partial charge >= 0.3 is 0 Å². The van der Waals surface area contributed by atoms with Crippen LogP contribution in [0.5, 0.6) is 0 Å². The first kappa shape index (κ1) is 11.8. The van der Waals surface area contributed by atoms with E-state index in [1.807, 2.05) is 0 Å². The van der Waals surface area contributed by atoms with E-state index in [-0.39, 0.29) is 0 Å². The van der Waals surface area contributed by atoms with Gasteiger partial charge in [0.2, 0.25) is 0 Å². The van der Waals surface area contributed by atoms with E-state index in [0.29, 0.717) is 12.3 Å². The molecule has 4 nitrogen and oxygen atoms in total. The van der Waals surface area contributed by atoms with E-state index in [1.54, 1.807) is 0 Å². The Morgan fingerprint density at radius 2 is 2.35 bits per heavy atom. The Hall–Kier alpha value is -1.71. The van der Waals surface area contributed by atoms with Crippen molar-refractivity contribution in [2.75, 3.05) is 11.9 Å². The summed E-state index contributed by atoms with van der Waals surface area (Å²) in [4.78, 5) is 0. The predicted octanol–water partition coefficient (Wildman–Crippen LogP) is 2.11. The molecule has 0 saturated carbocycles. The summed E-state index contributed by atoms with van der Waals surface area (Å²) in [6, 6.07) is 6.61. The van der Waals surface area contributed by atoms with Crippen molar-refractivity contribution in [2.45, 2.75) is 32.1 Å². The van der Waals surface area contributed by atoms with E-state index in [4.69, 9.17) is 10.9 Å². The fraction of sp³-hybridized carbons (Fsp3) is 0.462.